The molecule has 182 valence electrons. The first-order valence-corrected chi connectivity index (χ1v) is 13.0. The smallest absolute Gasteiger partial charge is 0.170 e. The number of hydrogen-bond donors (Lipinski definition) is 2. The molecule has 6 aliphatic rings. The molecule has 6 fully saturated rings. The number of ketones is 1. The van der Waals surface area contributed by atoms with E-state index in [1.54, 1.807) is 0 Å². The van der Waals surface area contributed by atoms with E-state index in [-0.39, 0.29) is 29.0 Å². The molecule has 4 bridgehead atoms. The monoisotopic (exact) mass is 456 g/mol. The summed E-state index contributed by atoms with van der Waals surface area (Å²) in [6.45, 7) is 9.29. The summed E-state index contributed by atoms with van der Waals surface area (Å²) in [5.74, 6) is 2.20. The van der Waals surface area contributed by atoms with Gasteiger partial charge in [-0.05, 0) is 55.4 Å². The first-order chi connectivity index (χ1) is 15.7. The Balaban J connectivity index is 1.47. The van der Waals surface area contributed by atoms with Crippen molar-refractivity contribution in [1.29, 1.82) is 0 Å². The Hall–Kier alpha value is -1.19. The number of ether oxygens (including phenoxy) is 2. The topological polar surface area (TPSA) is 76.0 Å². The van der Waals surface area contributed by atoms with Gasteiger partial charge in [0.2, 0.25) is 0 Å². The lowest BCUT2D eigenvalue weighted by Crippen LogP contribution is -2.78. The third-order valence-electron chi connectivity index (χ3n) is 10.2. The summed E-state index contributed by atoms with van der Waals surface area (Å²) >= 11 is 0. The first kappa shape index (κ1) is 23.5. The van der Waals surface area contributed by atoms with E-state index >= 15 is 0 Å². The fourth-order valence-electron chi connectivity index (χ4n) is 8.94. The van der Waals surface area contributed by atoms with Crippen LogP contribution in [0.1, 0.15) is 78.1 Å². The zero-order valence-corrected chi connectivity index (χ0v) is 20.2. The van der Waals surface area contributed by atoms with Gasteiger partial charge in [-0.1, -0.05) is 39.7 Å². The molecule has 2 aliphatic heterocycles. The standard InChI is InChI=1S/C28H40O5/c1-5-6-7-8-9-10-14-32-25-27-13-11-12-26(3,4)20(27)16-21(33-25)28-22(27)19(29)15-18(24(28)31)17(2)23(28)30/h1,18-22,24-25,29,31H,2,6-16H2,3-4H3/t18-,19-,20+,21+,22-,24+,25+,27-,28+/m0/s1. The van der Waals surface area contributed by atoms with Crippen LogP contribution in [-0.2, 0) is 14.3 Å². The summed E-state index contributed by atoms with van der Waals surface area (Å²) < 4.78 is 13.1. The fraction of sp³-hybridized carbons (Fsp3) is 0.821. The van der Waals surface area contributed by atoms with E-state index in [0.29, 0.717) is 18.6 Å². The van der Waals surface area contributed by atoms with E-state index < -0.39 is 35.4 Å². The molecule has 33 heavy (non-hydrogen) atoms. The van der Waals surface area contributed by atoms with Gasteiger partial charge < -0.3 is 19.7 Å². The number of hydrogen-bond acceptors (Lipinski definition) is 5. The minimum Gasteiger partial charge on any atom is -0.393 e. The maximum Gasteiger partial charge on any atom is 0.170 e. The van der Waals surface area contributed by atoms with Crippen molar-refractivity contribution in [3.8, 4) is 12.3 Å². The number of terminal acetylenes is 1. The van der Waals surface area contributed by atoms with Crippen molar-refractivity contribution in [1.82, 2.24) is 0 Å². The molecule has 0 unspecified atom stereocenters. The van der Waals surface area contributed by atoms with E-state index in [0.717, 1.165) is 57.8 Å². The van der Waals surface area contributed by atoms with E-state index in [9.17, 15) is 15.0 Å². The van der Waals surface area contributed by atoms with E-state index in [2.05, 4.69) is 26.3 Å². The number of carbonyl (C=O) groups is 1. The molecule has 0 aromatic carbocycles. The lowest BCUT2D eigenvalue weighted by molar-refractivity contribution is -0.402. The molecule has 5 heteroatoms. The van der Waals surface area contributed by atoms with Gasteiger partial charge >= 0.3 is 0 Å². The molecule has 2 saturated heterocycles. The summed E-state index contributed by atoms with van der Waals surface area (Å²) in [6, 6.07) is 0. The Morgan fingerprint density at radius 2 is 1.94 bits per heavy atom. The van der Waals surface area contributed by atoms with Crippen LogP contribution in [0.4, 0.5) is 0 Å². The highest BCUT2D eigenvalue weighted by molar-refractivity contribution is 6.04. The SMILES string of the molecule is C#CCCCCCCO[C@@H]1O[C@@H]2C[C@@H]3C(C)(C)CCC[C@]13[C@@H]1[C@@H](O)C[C@H]3C(=C)C(=O)[C@@]21[C@@H]3O. The number of unbranched alkanes of at least 4 members (excludes halogenated alkanes) is 4. The van der Waals surface area contributed by atoms with Gasteiger partial charge in [0.25, 0.3) is 0 Å². The molecule has 9 atom stereocenters. The molecule has 0 aromatic rings. The first-order valence-electron chi connectivity index (χ1n) is 13.0. The summed E-state index contributed by atoms with van der Waals surface area (Å²) in [5, 5.41) is 23.0. The average molecular weight is 457 g/mol. The van der Waals surface area contributed by atoms with Gasteiger partial charge in [-0.25, -0.2) is 0 Å². The summed E-state index contributed by atoms with van der Waals surface area (Å²) in [4.78, 5) is 13.7. The molecule has 5 nitrogen and oxygen atoms in total. The Morgan fingerprint density at radius 3 is 2.70 bits per heavy atom. The van der Waals surface area contributed by atoms with Crippen LogP contribution in [0.3, 0.4) is 0 Å². The fourth-order valence-corrected chi connectivity index (χ4v) is 8.94. The highest BCUT2D eigenvalue weighted by Gasteiger charge is 2.81. The molecule has 2 heterocycles. The normalized spacial score (nSPS) is 47.2. The Labute approximate surface area is 198 Å². The Morgan fingerprint density at radius 1 is 1.18 bits per heavy atom. The third kappa shape index (κ3) is 3.03. The van der Waals surface area contributed by atoms with Gasteiger partial charge in [-0.15, -0.1) is 12.3 Å². The predicted molar refractivity (Wildman–Crippen MR) is 125 cm³/mol. The van der Waals surface area contributed by atoms with Crippen molar-refractivity contribution in [2.24, 2.45) is 34.0 Å². The zero-order chi connectivity index (χ0) is 23.6. The van der Waals surface area contributed by atoms with Crippen LogP contribution in [0.25, 0.3) is 0 Å². The second-order valence-corrected chi connectivity index (χ2v) is 12.1. The van der Waals surface area contributed by atoms with Crippen LogP contribution >= 0.6 is 0 Å². The van der Waals surface area contributed by atoms with Crippen molar-refractivity contribution in [3.63, 3.8) is 0 Å². The maximum atomic E-state index is 13.7. The second kappa shape index (κ2) is 8.19. The minimum absolute atomic E-state index is 0.0684. The van der Waals surface area contributed by atoms with E-state index in [1.165, 1.54) is 0 Å². The Kier molecular flexibility index (Phi) is 5.85. The molecular formula is C28H40O5. The van der Waals surface area contributed by atoms with Gasteiger partial charge in [-0.3, -0.25) is 4.79 Å². The lowest BCUT2D eigenvalue weighted by atomic mass is 9.37. The highest BCUT2D eigenvalue weighted by Crippen LogP contribution is 2.75. The molecule has 4 saturated carbocycles. The van der Waals surface area contributed by atoms with Crippen molar-refractivity contribution in [2.75, 3.05) is 6.61 Å². The van der Waals surface area contributed by atoms with E-state index in [4.69, 9.17) is 15.9 Å². The molecule has 2 N–H and O–H groups in total. The van der Waals surface area contributed by atoms with Gasteiger partial charge in [0.05, 0.1) is 23.7 Å². The molecule has 0 amide bonds. The largest absolute Gasteiger partial charge is 0.393 e. The van der Waals surface area contributed by atoms with Crippen molar-refractivity contribution in [3.05, 3.63) is 12.2 Å². The van der Waals surface area contributed by atoms with Crippen molar-refractivity contribution in [2.45, 2.75) is 103 Å². The zero-order valence-electron chi connectivity index (χ0n) is 20.2. The van der Waals surface area contributed by atoms with Crippen LogP contribution in [0.15, 0.2) is 12.2 Å². The number of aliphatic hydroxyl groups excluding tert-OH is 2. The molecule has 0 radical (unpaired) electrons. The molecule has 2 spiro atoms. The van der Waals surface area contributed by atoms with Crippen LogP contribution < -0.4 is 0 Å². The van der Waals surface area contributed by atoms with Gasteiger partial charge in [-0.2, -0.15) is 0 Å². The van der Waals surface area contributed by atoms with E-state index in [1.807, 2.05) is 0 Å². The summed E-state index contributed by atoms with van der Waals surface area (Å²) in [5.41, 5.74) is -0.990. The van der Waals surface area contributed by atoms with Gasteiger partial charge in [0.15, 0.2) is 12.1 Å². The Bertz CT molecular complexity index is 857. The number of fused-ring (bicyclic) bond motifs is 2. The molecular weight excluding hydrogens is 416 g/mol. The quantitative estimate of drug-likeness (QED) is 0.344. The van der Waals surface area contributed by atoms with Crippen molar-refractivity contribution < 1.29 is 24.5 Å². The molecule has 6 rings (SSSR count). The van der Waals surface area contributed by atoms with Crippen LogP contribution in [0.2, 0.25) is 0 Å². The summed E-state index contributed by atoms with van der Waals surface area (Å²) in [7, 11) is 0. The van der Waals surface area contributed by atoms with Crippen LogP contribution in [0, 0.1) is 46.3 Å². The third-order valence-corrected chi connectivity index (χ3v) is 10.2. The van der Waals surface area contributed by atoms with Crippen molar-refractivity contribution >= 4 is 5.78 Å². The number of Topliss-reactive ketones (excluding diaryl/α,β-unsaturated/α-hetero) is 1. The minimum atomic E-state index is -1.07. The number of carbonyl (C=O) groups excluding carboxylic acids is 1. The molecule has 4 aliphatic carbocycles. The molecule has 0 aromatic heterocycles. The number of aliphatic hydroxyl groups is 2. The maximum absolute atomic E-state index is 13.7. The summed E-state index contributed by atoms with van der Waals surface area (Å²) in [6.07, 6.45) is 12.1. The average Bonchev–Trinajstić information content (AvgIpc) is 2.88. The van der Waals surface area contributed by atoms with Crippen LogP contribution in [-0.4, -0.2) is 47.2 Å². The van der Waals surface area contributed by atoms with Crippen LogP contribution in [0.5, 0.6) is 0 Å². The van der Waals surface area contributed by atoms with Gasteiger partial charge in [0.1, 0.15) is 0 Å². The predicted octanol–water partition coefficient (Wildman–Crippen LogP) is 4.01. The highest BCUT2D eigenvalue weighted by atomic mass is 16.7. The number of rotatable bonds is 7. The lowest BCUT2D eigenvalue weighted by Gasteiger charge is -2.72. The second-order valence-electron chi connectivity index (χ2n) is 12.1. The van der Waals surface area contributed by atoms with Gasteiger partial charge in [0, 0.05) is 30.3 Å².